The van der Waals surface area contributed by atoms with Gasteiger partial charge in [0.1, 0.15) is 10.8 Å². The van der Waals surface area contributed by atoms with Gasteiger partial charge in [-0.05, 0) is 23.6 Å². The molecule has 0 saturated carbocycles. The zero-order valence-corrected chi connectivity index (χ0v) is 15.4. The summed E-state index contributed by atoms with van der Waals surface area (Å²) in [6.45, 7) is -0.576. The number of hydrogen-bond donors (Lipinski definition) is 2. The van der Waals surface area contributed by atoms with E-state index < -0.39 is 39.1 Å². The van der Waals surface area contributed by atoms with Crippen LogP contribution in [-0.2, 0) is 26.2 Å². The van der Waals surface area contributed by atoms with Crippen LogP contribution in [0.2, 0.25) is 0 Å². The highest BCUT2D eigenvalue weighted by atomic mass is 32.2. The third kappa shape index (κ3) is 5.57. The van der Waals surface area contributed by atoms with E-state index in [2.05, 4.69) is 4.72 Å². The largest absolute Gasteiger partial charge is 0.460 e. The molecule has 0 atom stereocenters. The van der Waals surface area contributed by atoms with Crippen molar-refractivity contribution >= 4 is 38.9 Å². The van der Waals surface area contributed by atoms with E-state index in [9.17, 15) is 28.1 Å². The Kier molecular flexibility index (Phi) is 6.60. The van der Waals surface area contributed by atoms with E-state index in [0.29, 0.717) is 0 Å². The number of ether oxygens (including phenoxy) is 1. The van der Waals surface area contributed by atoms with E-state index >= 15 is 0 Å². The molecular weight excluding hydrogens is 398 g/mol. The Hall–Kier alpha value is -2.83. The van der Waals surface area contributed by atoms with Crippen LogP contribution in [0.4, 0.5) is 5.69 Å². The second-order valence-electron chi connectivity index (χ2n) is 5.21. The van der Waals surface area contributed by atoms with Crippen LogP contribution in [0.5, 0.6) is 0 Å². The fraction of sp³-hybridized carbons (Fsp3) is 0.200. The van der Waals surface area contributed by atoms with Crippen LogP contribution >= 0.6 is 11.3 Å². The summed E-state index contributed by atoms with van der Waals surface area (Å²) < 4.78 is 31.1. The second-order valence-corrected chi connectivity index (χ2v) is 8.15. The molecule has 2 rings (SSSR count). The number of benzene rings is 1. The molecule has 0 aliphatic heterocycles. The summed E-state index contributed by atoms with van der Waals surface area (Å²) in [6.07, 6.45) is -0.252. The van der Waals surface area contributed by atoms with Gasteiger partial charge in [0.05, 0.1) is 16.9 Å². The van der Waals surface area contributed by atoms with Crippen molar-refractivity contribution in [3.05, 3.63) is 57.0 Å². The molecule has 27 heavy (non-hydrogen) atoms. The van der Waals surface area contributed by atoms with Crippen molar-refractivity contribution in [3.8, 4) is 0 Å². The molecule has 0 radical (unpaired) electrons. The molecule has 0 fully saturated rings. The predicted molar refractivity (Wildman–Crippen MR) is 95.5 cm³/mol. The van der Waals surface area contributed by atoms with Crippen molar-refractivity contribution in [2.75, 3.05) is 6.54 Å². The summed E-state index contributed by atoms with van der Waals surface area (Å²) in [7, 11) is -3.68. The summed E-state index contributed by atoms with van der Waals surface area (Å²) in [5.74, 6) is -1.56. The number of sulfonamides is 1. The Balaban J connectivity index is 1.90. The molecule has 0 unspecified atom stereocenters. The number of rotatable bonds is 9. The predicted octanol–water partition coefficient (Wildman–Crippen LogP) is 1.17. The molecule has 0 bridgehead atoms. The third-order valence-electron chi connectivity index (χ3n) is 3.34. The van der Waals surface area contributed by atoms with Gasteiger partial charge in [0.2, 0.25) is 15.9 Å². The molecule has 12 heteroatoms. The van der Waals surface area contributed by atoms with Gasteiger partial charge in [0, 0.05) is 18.2 Å². The van der Waals surface area contributed by atoms with Crippen LogP contribution in [0, 0.1) is 10.1 Å². The number of nitrogens with two attached hydrogens (primary N) is 1. The van der Waals surface area contributed by atoms with Crippen LogP contribution in [-0.4, -0.2) is 31.8 Å². The van der Waals surface area contributed by atoms with Gasteiger partial charge in [0.15, 0.2) is 0 Å². The standard InChI is InChI=1S/C15H15N3O7S2/c16-15(20)10-3-4-11(12(8-10)18(21)22)9-25-13(19)5-6-17-27(23,24)14-2-1-7-26-14/h1-4,7-8,17H,5-6,9H2,(H2,16,20). The number of nitro groups is 1. The van der Waals surface area contributed by atoms with Crippen LogP contribution in [0.1, 0.15) is 22.3 Å². The number of carbonyl (C=O) groups is 2. The first-order valence-corrected chi connectivity index (χ1v) is 9.83. The van der Waals surface area contributed by atoms with E-state index in [1.54, 1.807) is 11.4 Å². The number of thiophene rings is 1. The van der Waals surface area contributed by atoms with E-state index in [1.807, 2.05) is 0 Å². The highest BCUT2D eigenvalue weighted by molar-refractivity contribution is 7.91. The molecule has 10 nitrogen and oxygen atoms in total. The van der Waals surface area contributed by atoms with Gasteiger partial charge in [-0.3, -0.25) is 19.7 Å². The van der Waals surface area contributed by atoms with E-state index in [1.165, 1.54) is 18.2 Å². The van der Waals surface area contributed by atoms with Gasteiger partial charge in [-0.1, -0.05) is 6.07 Å². The van der Waals surface area contributed by atoms with E-state index in [0.717, 1.165) is 17.4 Å². The van der Waals surface area contributed by atoms with Crippen LogP contribution in [0.25, 0.3) is 0 Å². The van der Waals surface area contributed by atoms with Crippen LogP contribution in [0.15, 0.2) is 39.9 Å². The zero-order valence-electron chi connectivity index (χ0n) is 13.8. The molecule has 0 saturated heterocycles. The topological polar surface area (TPSA) is 159 Å². The average Bonchev–Trinajstić information content (AvgIpc) is 3.15. The van der Waals surface area contributed by atoms with Crippen molar-refractivity contribution in [1.82, 2.24) is 4.72 Å². The molecule has 1 amide bonds. The average molecular weight is 413 g/mol. The lowest BCUT2D eigenvalue weighted by Gasteiger charge is -2.07. The summed E-state index contributed by atoms with van der Waals surface area (Å²) in [6, 6.07) is 6.57. The number of primary amides is 1. The molecule has 0 spiro atoms. The lowest BCUT2D eigenvalue weighted by molar-refractivity contribution is -0.385. The third-order valence-corrected chi connectivity index (χ3v) is 6.19. The van der Waals surface area contributed by atoms with Crippen molar-refractivity contribution < 1.29 is 27.7 Å². The summed E-state index contributed by atoms with van der Waals surface area (Å²) in [5.41, 5.74) is 4.71. The molecule has 2 aromatic rings. The Morgan fingerprint density at radius 3 is 2.63 bits per heavy atom. The summed E-state index contributed by atoms with van der Waals surface area (Å²) >= 11 is 1.04. The minimum Gasteiger partial charge on any atom is -0.460 e. The summed E-state index contributed by atoms with van der Waals surface area (Å²) in [4.78, 5) is 33.2. The molecule has 1 aromatic heterocycles. The van der Waals surface area contributed by atoms with Gasteiger partial charge in [-0.15, -0.1) is 11.3 Å². The van der Waals surface area contributed by atoms with Gasteiger partial charge in [-0.25, -0.2) is 13.1 Å². The maximum absolute atomic E-state index is 11.9. The van der Waals surface area contributed by atoms with Crippen molar-refractivity contribution in [2.24, 2.45) is 5.73 Å². The fourth-order valence-electron chi connectivity index (χ4n) is 2.01. The quantitative estimate of drug-likeness (QED) is 0.354. The monoisotopic (exact) mass is 413 g/mol. The van der Waals surface area contributed by atoms with Gasteiger partial charge in [0.25, 0.3) is 5.69 Å². The Labute approximate surface area is 158 Å². The number of nitrogens with one attached hydrogen (secondary N) is 1. The van der Waals surface area contributed by atoms with E-state index in [-0.39, 0.29) is 28.3 Å². The molecule has 1 aromatic carbocycles. The maximum Gasteiger partial charge on any atom is 0.307 e. The van der Waals surface area contributed by atoms with Gasteiger partial charge < -0.3 is 10.5 Å². The molecule has 3 N–H and O–H groups in total. The molecule has 0 aliphatic rings. The number of nitrogens with zero attached hydrogens (tertiary/aromatic N) is 1. The first kappa shape index (κ1) is 20.5. The number of nitro benzene ring substituents is 1. The van der Waals surface area contributed by atoms with E-state index in [4.69, 9.17) is 10.5 Å². The fourth-order valence-corrected chi connectivity index (χ4v) is 4.08. The highest BCUT2D eigenvalue weighted by Crippen LogP contribution is 2.21. The SMILES string of the molecule is NC(=O)c1ccc(COC(=O)CCNS(=O)(=O)c2cccs2)c([N+](=O)[O-])c1. The lowest BCUT2D eigenvalue weighted by Crippen LogP contribution is -2.26. The zero-order chi connectivity index (χ0) is 20.0. The number of hydrogen-bond acceptors (Lipinski definition) is 8. The Morgan fingerprint density at radius 2 is 2.04 bits per heavy atom. The number of amides is 1. The maximum atomic E-state index is 11.9. The first-order chi connectivity index (χ1) is 12.7. The molecule has 1 heterocycles. The summed E-state index contributed by atoms with van der Waals surface area (Å²) in [5, 5.41) is 12.7. The minimum absolute atomic E-state index is 0.0419. The second kappa shape index (κ2) is 8.70. The van der Waals surface area contributed by atoms with Crippen molar-refractivity contribution in [3.63, 3.8) is 0 Å². The molecular formula is C15H15N3O7S2. The van der Waals surface area contributed by atoms with Crippen LogP contribution in [0.3, 0.4) is 0 Å². The Morgan fingerprint density at radius 1 is 1.30 bits per heavy atom. The smallest absolute Gasteiger partial charge is 0.307 e. The lowest BCUT2D eigenvalue weighted by atomic mass is 10.1. The number of esters is 1. The number of carbonyl (C=O) groups excluding carboxylic acids is 2. The highest BCUT2D eigenvalue weighted by Gasteiger charge is 2.19. The van der Waals surface area contributed by atoms with Gasteiger partial charge >= 0.3 is 5.97 Å². The normalized spacial score (nSPS) is 11.1. The minimum atomic E-state index is -3.68. The Bertz CT molecular complexity index is 956. The van der Waals surface area contributed by atoms with Crippen LogP contribution < -0.4 is 10.5 Å². The van der Waals surface area contributed by atoms with Crippen molar-refractivity contribution in [2.45, 2.75) is 17.2 Å². The van der Waals surface area contributed by atoms with Gasteiger partial charge in [-0.2, -0.15) is 0 Å². The molecule has 0 aliphatic carbocycles. The molecule has 144 valence electrons. The first-order valence-electron chi connectivity index (χ1n) is 7.46. The van der Waals surface area contributed by atoms with Crippen molar-refractivity contribution in [1.29, 1.82) is 0 Å².